The summed E-state index contributed by atoms with van der Waals surface area (Å²) in [5, 5.41) is 0. The van der Waals surface area contributed by atoms with Gasteiger partial charge in [-0.2, -0.15) is 0 Å². The predicted octanol–water partition coefficient (Wildman–Crippen LogP) is 4.63. The highest BCUT2D eigenvalue weighted by Crippen LogP contribution is 2.28. The Labute approximate surface area is 138 Å². The van der Waals surface area contributed by atoms with E-state index in [2.05, 4.69) is 25.7 Å². The predicted molar refractivity (Wildman–Crippen MR) is 94.7 cm³/mol. The molecule has 116 valence electrons. The molecule has 0 spiro atoms. The van der Waals surface area contributed by atoms with E-state index in [1.54, 1.807) is 0 Å². The smallest absolute Gasteiger partial charge is 0.259 e. The van der Waals surface area contributed by atoms with Crippen LogP contribution in [0.5, 0.6) is 0 Å². The third-order valence-electron chi connectivity index (χ3n) is 4.29. The highest BCUT2D eigenvalue weighted by molar-refractivity contribution is 6.09. The van der Waals surface area contributed by atoms with Crippen LogP contribution in [0.1, 0.15) is 54.6 Å². The minimum atomic E-state index is 0.0469. The maximum atomic E-state index is 13.2. The Kier molecular flexibility index (Phi) is 4.48. The molecule has 0 N–H and O–H groups in total. The number of rotatable bonds is 4. The summed E-state index contributed by atoms with van der Waals surface area (Å²) in [7, 11) is 0. The lowest BCUT2D eigenvalue weighted by atomic mass is 9.99. The average Bonchev–Trinajstić information content (AvgIpc) is 2.58. The van der Waals surface area contributed by atoms with E-state index in [-0.39, 0.29) is 11.9 Å². The quantitative estimate of drug-likeness (QED) is 0.754. The van der Waals surface area contributed by atoms with Crippen LogP contribution >= 0.6 is 0 Å². The van der Waals surface area contributed by atoms with Gasteiger partial charge in [-0.25, -0.2) is 0 Å². The fraction of sp³-hybridized carbons (Fsp3) is 0.286. The van der Waals surface area contributed by atoms with Crippen LogP contribution < -0.4 is 4.90 Å². The fourth-order valence-electron chi connectivity index (χ4n) is 3.01. The van der Waals surface area contributed by atoms with Crippen LogP contribution in [0.25, 0.3) is 0 Å². The highest BCUT2D eigenvalue weighted by Gasteiger charge is 2.27. The molecule has 0 saturated heterocycles. The van der Waals surface area contributed by atoms with Gasteiger partial charge in [-0.3, -0.25) is 4.79 Å². The van der Waals surface area contributed by atoms with Crippen LogP contribution in [-0.4, -0.2) is 11.9 Å². The second-order valence-corrected chi connectivity index (χ2v) is 5.98. The lowest BCUT2D eigenvalue weighted by molar-refractivity contribution is 0.0976. The summed E-state index contributed by atoms with van der Waals surface area (Å²) in [6, 6.07) is 15.7. The Morgan fingerprint density at radius 3 is 2.43 bits per heavy atom. The van der Waals surface area contributed by atoms with Crippen molar-refractivity contribution in [1.82, 2.24) is 0 Å². The van der Waals surface area contributed by atoms with Gasteiger partial charge in [-0.05, 0) is 37.6 Å². The Balaban J connectivity index is 2.15. The molecular weight excluding hydrogens is 282 g/mol. The van der Waals surface area contributed by atoms with Crippen molar-refractivity contribution >= 4 is 11.6 Å². The zero-order valence-electron chi connectivity index (χ0n) is 13.7. The second kappa shape index (κ2) is 6.71. The van der Waals surface area contributed by atoms with E-state index in [1.807, 2.05) is 53.4 Å². The number of para-hydroxylation sites is 1. The van der Waals surface area contributed by atoms with Gasteiger partial charge in [0.2, 0.25) is 0 Å². The lowest BCUT2D eigenvalue weighted by Crippen LogP contribution is -2.40. The zero-order valence-corrected chi connectivity index (χ0v) is 13.7. The normalized spacial score (nSPS) is 14.0. The molecule has 1 unspecified atom stereocenters. The Bertz CT molecular complexity index is 782. The van der Waals surface area contributed by atoms with Gasteiger partial charge >= 0.3 is 0 Å². The molecule has 2 aromatic rings. The molecule has 0 bridgehead atoms. The third kappa shape index (κ3) is 3.00. The van der Waals surface area contributed by atoms with E-state index in [4.69, 9.17) is 0 Å². The van der Waals surface area contributed by atoms with Gasteiger partial charge in [0.1, 0.15) is 0 Å². The summed E-state index contributed by atoms with van der Waals surface area (Å²) in [5.41, 5.74) is 3.33. The maximum absolute atomic E-state index is 13.2. The van der Waals surface area contributed by atoms with E-state index < -0.39 is 0 Å². The van der Waals surface area contributed by atoms with Crippen LogP contribution in [0.2, 0.25) is 0 Å². The van der Waals surface area contributed by atoms with Gasteiger partial charge in [0.25, 0.3) is 5.91 Å². The summed E-state index contributed by atoms with van der Waals surface area (Å²) in [6.45, 7) is 4.30. The highest BCUT2D eigenvalue weighted by atomic mass is 16.2. The van der Waals surface area contributed by atoms with Crippen molar-refractivity contribution in [3.05, 3.63) is 65.2 Å². The van der Waals surface area contributed by atoms with Crippen molar-refractivity contribution in [2.24, 2.45) is 0 Å². The van der Waals surface area contributed by atoms with Gasteiger partial charge in [0.15, 0.2) is 0 Å². The van der Waals surface area contributed by atoms with Gasteiger partial charge in [0, 0.05) is 17.2 Å². The van der Waals surface area contributed by atoms with Crippen LogP contribution in [0.3, 0.4) is 0 Å². The van der Waals surface area contributed by atoms with Crippen molar-refractivity contribution < 1.29 is 4.79 Å². The van der Waals surface area contributed by atoms with Crippen LogP contribution in [0.15, 0.2) is 48.5 Å². The summed E-state index contributed by atoms with van der Waals surface area (Å²) < 4.78 is 0. The SMILES string of the molecule is CCCCC(C)N1C(=O)c2ccccc2C#Cc2ccccc21. The topological polar surface area (TPSA) is 20.3 Å². The molecule has 0 aliphatic carbocycles. The number of nitrogens with zero attached hydrogens (tertiary/aromatic N) is 1. The summed E-state index contributed by atoms with van der Waals surface area (Å²) in [5.74, 6) is 6.44. The first-order valence-electron chi connectivity index (χ1n) is 8.26. The molecular formula is C21H21NO. The molecule has 1 aliphatic heterocycles. The van der Waals surface area contributed by atoms with E-state index in [1.165, 1.54) is 0 Å². The number of fused-ring (bicyclic) bond motifs is 2. The molecule has 2 nitrogen and oxygen atoms in total. The lowest BCUT2D eigenvalue weighted by Gasteiger charge is -2.31. The molecule has 1 amide bonds. The molecule has 2 aromatic carbocycles. The summed E-state index contributed by atoms with van der Waals surface area (Å²) in [4.78, 5) is 15.1. The van der Waals surface area contributed by atoms with E-state index in [9.17, 15) is 4.79 Å². The number of carbonyl (C=O) groups excluding carboxylic acids is 1. The van der Waals surface area contributed by atoms with Crippen LogP contribution in [-0.2, 0) is 0 Å². The molecule has 3 rings (SSSR count). The maximum Gasteiger partial charge on any atom is 0.259 e. The standard InChI is InChI=1S/C21H21NO/c1-3-4-9-16(2)22-20-13-8-6-11-18(20)15-14-17-10-5-7-12-19(17)21(22)23/h5-8,10-13,16H,3-4,9H2,1-2H3. The molecule has 1 aliphatic rings. The molecule has 0 fully saturated rings. The number of carbonyl (C=O) groups is 1. The first kappa shape index (κ1) is 15.4. The average molecular weight is 303 g/mol. The second-order valence-electron chi connectivity index (χ2n) is 5.98. The number of amides is 1. The molecule has 0 aromatic heterocycles. The number of hydrogen-bond acceptors (Lipinski definition) is 1. The van der Waals surface area contributed by atoms with Crippen molar-refractivity contribution in [3.63, 3.8) is 0 Å². The fourth-order valence-corrected chi connectivity index (χ4v) is 3.01. The monoisotopic (exact) mass is 303 g/mol. The van der Waals surface area contributed by atoms with Crippen molar-refractivity contribution in [3.8, 4) is 11.8 Å². The first-order valence-corrected chi connectivity index (χ1v) is 8.26. The van der Waals surface area contributed by atoms with Crippen molar-refractivity contribution in [2.45, 2.75) is 39.2 Å². The van der Waals surface area contributed by atoms with E-state index in [0.29, 0.717) is 5.56 Å². The van der Waals surface area contributed by atoms with Crippen LogP contribution in [0, 0.1) is 11.8 Å². The minimum absolute atomic E-state index is 0.0469. The first-order chi connectivity index (χ1) is 11.2. The van der Waals surface area contributed by atoms with E-state index >= 15 is 0 Å². The van der Waals surface area contributed by atoms with Gasteiger partial charge in [-0.15, -0.1) is 0 Å². The molecule has 1 atom stereocenters. The Hall–Kier alpha value is -2.53. The molecule has 0 saturated carbocycles. The molecule has 1 heterocycles. The summed E-state index contributed by atoms with van der Waals surface area (Å²) >= 11 is 0. The minimum Gasteiger partial charge on any atom is -0.304 e. The molecule has 0 radical (unpaired) electrons. The molecule has 2 heteroatoms. The molecule has 23 heavy (non-hydrogen) atoms. The largest absolute Gasteiger partial charge is 0.304 e. The van der Waals surface area contributed by atoms with E-state index in [0.717, 1.165) is 36.1 Å². The van der Waals surface area contributed by atoms with Gasteiger partial charge < -0.3 is 4.90 Å². The van der Waals surface area contributed by atoms with Gasteiger partial charge in [0.05, 0.1) is 11.3 Å². The Morgan fingerprint density at radius 1 is 1.00 bits per heavy atom. The Morgan fingerprint density at radius 2 is 1.65 bits per heavy atom. The van der Waals surface area contributed by atoms with Gasteiger partial charge in [-0.1, -0.05) is 55.9 Å². The number of benzene rings is 2. The van der Waals surface area contributed by atoms with Crippen molar-refractivity contribution in [2.75, 3.05) is 4.90 Å². The number of anilines is 1. The number of hydrogen-bond donors (Lipinski definition) is 0. The van der Waals surface area contributed by atoms with Crippen molar-refractivity contribution in [1.29, 1.82) is 0 Å². The third-order valence-corrected chi connectivity index (χ3v) is 4.29. The number of unbranched alkanes of at least 4 members (excludes halogenated alkanes) is 1. The van der Waals surface area contributed by atoms with Crippen LogP contribution in [0.4, 0.5) is 5.69 Å². The zero-order chi connectivity index (χ0) is 16.2. The summed E-state index contributed by atoms with van der Waals surface area (Å²) in [6.07, 6.45) is 3.23.